The third-order valence-corrected chi connectivity index (χ3v) is 18.3. The van der Waals surface area contributed by atoms with Gasteiger partial charge >= 0.3 is 0 Å². The predicted octanol–water partition coefficient (Wildman–Crippen LogP) is 17.3. The molecule has 0 N–H and O–H groups in total. The predicted molar refractivity (Wildman–Crippen MR) is 314 cm³/mol. The van der Waals surface area contributed by atoms with Gasteiger partial charge in [-0.3, -0.25) is 0 Å². The maximum Gasteiger partial charge on any atom is 0.252 e. The molecule has 2 fully saturated rings. The smallest absolute Gasteiger partial charge is 0.252 e. The molecule has 350 valence electrons. The molecule has 0 bridgehead atoms. The lowest BCUT2D eigenvalue weighted by Crippen LogP contribution is -2.61. The molecule has 0 spiro atoms. The summed E-state index contributed by atoms with van der Waals surface area (Å²) in [5.74, 6) is 1.18. The zero-order valence-corrected chi connectivity index (χ0v) is 41.4. The van der Waals surface area contributed by atoms with Crippen molar-refractivity contribution < 1.29 is 0 Å². The van der Waals surface area contributed by atoms with Gasteiger partial charge in [-0.1, -0.05) is 183 Å². The Morgan fingerprint density at radius 1 is 0.338 bits per heavy atom. The van der Waals surface area contributed by atoms with Crippen molar-refractivity contribution in [2.45, 2.75) is 63.2 Å². The van der Waals surface area contributed by atoms with Crippen LogP contribution in [0, 0.1) is 0 Å². The van der Waals surface area contributed by atoms with E-state index in [2.05, 4.69) is 221 Å². The molecule has 4 heteroatoms. The first kappa shape index (κ1) is 41.2. The van der Waals surface area contributed by atoms with Crippen LogP contribution in [0.4, 0.5) is 34.1 Å². The average Bonchev–Trinajstić information content (AvgIpc) is 4.27. The normalized spacial score (nSPS) is 15.8. The summed E-state index contributed by atoms with van der Waals surface area (Å²) in [4.78, 5) is 5.35. The molecule has 2 aliphatic heterocycles. The van der Waals surface area contributed by atoms with Crippen molar-refractivity contribution in [1.82, 2.24) is 4.57 Å². The first-order chi connectivity index (χ1) is 36.7. The highest BCUT2D eigenvalue weighted by atomic mass is 15.2. The van der Waals surface area contributed by atoms with Gasteiger partial charge in [0.2, 0.25) is 0 Å². The van der Waals surface area contributed by atoms with Crippen molar-refractivity contribution in [3.05, 3.63) is 217 Å². The lowest BCUT2D eigenvalue weighted by Gasteiger charge is -2.45. The second kappa shape index (κ2) is 15.6. The highest BCUT2D eigenvalue weighted by Crippen LogP contribution is 2.53. The van der Waals surface area contributed by atoms with Crippen molar-refractivity contribution in [2.75, 3.05) is 9.80 Å². The number of hydrogen-bond donors (Lipinski definition) is 0. The van der Waals surface area contributed by atoms with Crippen LogP contribution in [0.2, 0.25) is 0 Å². The van der Waals surface area contributed by atoms with Crippen molar-refractivity contribution in [3.8, 4) is 27.9 Å². The number of benzene rings is 11. The third-order valence-electron chi connectivity index (χ3n) is 18.3. The first-order valence-corrected chi connectivity index (χ1v) is 27.3. The van der Waals surface area contributed by atoms with Gasteiger partial charge in [-0.2, -0.15) is 0 Å². The van der Waals surface area contributed by atoms with Gasteiger partial charge in [-0.05, 0) is 157 Å². The third kappa shape index (κ3) is 5.69. The minimum absolute atomic E-state index is 0.0255. The highest BCUT2D eigenvalue weighted by molar-refractivity contribution is 7.00. The van der Waals surface area contributed by atoms with Crippen LogP contribution in [0.15, 0.2) is 206 Å². The largest absolute Gasteiger partial charge is 0.311 e. The number of anilines is 6. The average molecular weight is 946 g/mol. The summed E-state index contributed by atoms with van der Waals surface area (Å²) in [6.45, 7) is 0.0255. The number of hydrogen-bond acceptors (Lipinski definition) is 2. The molecule has 3 heterocycles. The van der Waals surface area contributed by atoms with E-state index in [1.54, 1.807) is 0 Å². The fraction of sp³-hybridized carbons (Fsp3) is 0.143. The van der Waals surface area contributed by atoms with Crippen LogP contribution in [-0.4, -0.2) is 11.3 Å². The van der Waals surface area contributed by atoms with Crippen molar-refractivity contribution in [1.29, 1.82) is 0 Å². The van der Waals surface area contributed by atoms with Crippen LogP contribution in [0.3, 0.4) is 0 Å². The molecule has 0 atom stereocenters. The molecule has 17 rings (SSSR count). The molecule has 3 nitrogen and oxygen atoms in total. The lowest BCUT2D eigenvalue weighted by atomic mass is 9.33. The zero-order chi connectivity index (χ0) is 48.2. The highest BCUT2D eigenvalue weighted by Gasteiger charge is 2.45. The van der Waals surface area contributed by atoms with Gasteiger partial charge in [0.25, 0.3) is 6.71 Å². The zero-order valence-electron chi connectivity index (χ0n) is 41.4. The van der Waals surface area contributed by atoms with E-state index in [0.717, 1.165) is 5.69 Å². The molecule has 12 aromatic rings. The van der Waals surface area contributed by atoms with Gasteiger partial charge in [0.15, 0.2) is 0 Å². The Morgan fingerprint density at radius 2 is 0.811 bits per heavy atom. The number of fused-ring (bicyclic) bond motifs is 9. The van der Waals surface area contributed by atoms with Crippen LogP contribution < -0.4 is 26.2 Å². The summed E-state index contributed by atoms with van der Waals surface area (Å²) >= 11 is 0. The maximum absolute atomic E-state index is 2.67. The SMILES string of the molecule is c1ccc2c(c1)-c1cccc3ccc4c(c13)c1c-2cccc1n4-c1cc2c3c(c1)N(c1cccc4ccccc14)c1ccc(C4CCCC4)cc1B3c1cc(C3CCCC3)ccc1N2c1cccc2ccccc12. The Balaban J connectivity index is 1.04. The Bertz CT molecular complexity index is 4190. The van der Waals surface area contributed by atoms with E-state index in [9.17, 15) is 0 Å². The molecule has 0 amide bonds. The molecule has 3 aliphatic carbocycles. The molecule has 0 saturated heterocycles. The topological polar surface area (TPSA) is 11.4 Å². The van der Waals surface area contributed by atoms with E-state index in [-0.39, 0.29) is 6.71 Å². The van der Waals surface area contributed by atoms with E-state index in [1.807, 2.05) is 0 Å². The fourth-order valence-corrected chi connectivity index (χ4v) is 15.1. The summed E-state index contributed by atoms with van der Waals surface area (Å²) in [5.41, 5.74) is 23.5. The molecule has 0 unspecified atom stereocenters. The molecule has 2 saturated carbocycles. The van der Waals surface area contributed by atoms with Gasteiger partial charge in [-0.25, -0.2) is 0 Å². The summed E-state index contributed by atoms with van der Waals surface area (Å²) in [6.07, 6.45) is 10.3. The van der Waals surface area contributed by atoms with Gasteiger partial charge in [0.1, 0.15) is 0 Å². The molecular formula is C70H52BN3. The Labute approximate surface area is 432 Å². The van der Waals surface area contributed by atoms with E-state index in [0.29, 0.717) is 11.8 Å². The molecule has 1 aromatic heterocycles. The molecule has 11 aromatic carbocycles. The second-order valence-corrected chi connectivity index (χ2v) is 22.0. The number of rotatable bonds is 5. The summed E-state index contributed by atoms with van der Waals surface area (Å²) in [5, 5.41) is 10.3. The standard InChI is InChI=1S/C70H52BN3/c1-2-16-43(15-1)48-34-36-61-57(39-48)71-58-40-49(44-17-3-4-18-44)35-37-62(58)74(60-31-13-22-46-20-6-8-25-52(46)60)66-42-50(41-65(70(66)71)73(61)59-30-12-21-45-19-5-7-24-51(45)59)72-63-32-14-29-56-54-27-10-9-26-53(54)55-28-11-23-47-33-38-64(72)69(67(47)55)68(56)63/h5-14,19-44H,1-4,15-18H2. The van der Waals surface area contributed by atoms with Crippen LogP contribution in [0.25, 0.3) is 82.1 Å². The van der Waals surface area contributed by atoms with Gasteiger partial charge in [0, 0.05) is 44.3 Å². The molecule has 5 aliphatic rings. The second-order valence-electron chi connectivity index (χ2n) is 22.0. The Kier molecular flexibility index (Phi) is 8.67. The van der Waals surface area contributed by atoms with Crippen LogP contribution >= 0.6 is 0 Å². The molecule has 74 heavy (non-hydrogen) atoms. The minimum atomic E-state index is 0.0255. The molecular weight excluding hydrogens is 894 g/mol. The van der Waals surface area contributed by atoms with Crippen molar-refractivity contribution in [3.63, 3.8) is 0 Å². The van der Waals surface area contributed by atoms with E-state index in [1.165, 1.54) is 189 Å². The minimum Gasteiger partial charge on any atom is -0.311 e. The Morgan fingerprint density at radius 3 is 1.41 bits per heavy atom. The van der Waals surface area contributed by atoms with Gasteiger partial charge < -0.3 is 14.4 Å². The number of nitrogens with zero attached hydrogens (tertiary/aromatic N) is 3. The van der Waals surface area contributed by atoms with E-state index < -0.39 is 0 Å². The van der Waals surface area contributed by atoms with E-state index in [4.69, 9.17) is 0 Å². The fourth-order valence-electron chi connectivity index (χ4n) is 15.1. The van der Waals surface area contributed by atoms with Gasteiger partial charge in [0.05, 0.1) is 28.1 Å². The van der Waals surface area contributed by atoms with Crippen LogP contribution in [0.5, 0.6) is 0 Å². The summed E-state index contributed by atoms with van der Waals surface area (Å²) in [6, 6.07) is 80.1. The van der Waals surface area contributed by atoms with E-state index >= 15 is 0 Å². The van der Waals surface area contributed by atoms with Crippen molar-refractivity contribution in [2.24, 2.45) is 0 Å². The Hall–Kier alpha value is -8.34. The number of aromatic nitrogens is 1. The summed E-state index contributed by atoms with van der Waals surface area (Å²) < 4.78 is 2.62. The van der Waals surface area contributed by atoms with Crippen LogP contribution in [0.1, 0.15) is 74.3 Å². The summed E-state index contributed by atoms with van der Waals surface area (Å²) in [7, 11) is 0. The maximum atomic E-state index is 2.67. The first-order valence-electron chi connectivity index (χ1n) is 27.3. The van der Waals surface area contributed by atoms with Crippen molar-refractivity contribution >= 4 is 111 Å². The molecule has 0 radical (unpaired) electrons. The van der Waals surface area contributed by atoms with Gasteiger partial charge in [-0.15, -0.1) is 0 Å². The quantitative estimate of drug-likeness (QED) is 0.159. The lowest BCUT2D eigenvalue weighted by molar-refractivity contribution is 0.724. The van der Waals surface area contributed by atoms with Crippen LogP contribution in [-0.2, 0) is 0 Å². The monoisotopic (exact) mass is 945 g/mol.